The van der Waals surface area contributed by atoms with E-state index >= 15 is 0 Å². The SMILES string of the molecule is C[C@H](C(=O)N[C@H]1CCO[C@@H]1c1nccn1C)N1CCCCCC1. The standard InChI is InChI=1S/C17H28N4O2/c1-13(21-9-5-3-4-6-10-21)17(22)19-14-7-12-23-15(14)16-18-8-11-20(16)2/h8,11,13-15H,3-7,9-10,12H2,1-2H3,(H,19,22)/t13-,14+,15+/m1/s1. The second kappa shape index (κ2) is 7.45. The van der Waals surface area contributed by atoms with Gasteiger partial charge in [-0.05, 0) is 39.3 Å². The van der Waals surface area contributed by atoms with Crippen LogP contribution in [0.1, 0.15) is 51.0 Å². The van der Waals surface area contributed by atoms with E-state index in [9.17, 15) is 4.79 Å². The van der Waals surface area contributed by atoms with Crippen LogP contribution in [0.25, 0.3) is 0 Å². The molecule has 3 rings (SSSR count). The van der Waals surface area contributed by atoms with Gasteiger partial charge in [-0.25, -0.2) is 4.98 Å². The highest BCUT2D eigenvalue weighted by atomic mass is 16.5. The third-order valence-corrected chi connectivity index (χ3v) is 5.10. The number of hydrogen-bond donors (Lipinski definition) is 1. The van der Waals surface area contributed by atoms with Crippen molar-refractivity contribution in [2.75, 3.05) is 19.7 Å². The maximum absolute atomic E-state index is 12.7. The van der Waals surface area contributed by atoms with E-state index in [-0.39, 0.29) is 24.1 Å². The topological polar surface area (TPSA) is 59.4 Å². The van der Waals surface area contributed by atoms with Gasteiger partial charge in [-0.15, -0.1) is 0 Å². The van der Waals surface area contributed by atoms with E-state index in [1.807, 2.05) is 24.7 Å². The average Bonchev–Trinajstić information content (AvgIpc) is 3.06. The van der Waals surface area contributed by atoms with Crippen LogP contribution < -0.4 is 5.32 Å². The fourth-order valence-corrected chi connectivity index (χ4v) is 3.59. The zero-order valence-electron chi connectivity index (χ0n) is 14.2. The molecule has 0 bridgehead atoms. The minimum Gasteiger partial charge on any atom is -0.368 e. The fraction of sp³-hybridized carbons (Fsp3) is 0.765. The van der Waals surface area contributed by atoms with E-state index in [0.29, 0.717) is 6.61 Å². The second-order valence-electron chi connectivity index (χ2n) is 6.72. The predicted octanol–water partition coefficient (Wildman–Crippen LogP) is 1.63. The van der Waals surface area contributed by atoms with Crippen LogP contribution in [-0.4, -0.2) is 52.1 Å². The molecule has 128 valence electrons. The molecule has 2 fully saturated rings. The zero-order chi connectivity index (χ0) is 16.2. The van der Waals surface area contributed by atoms with Gasteiger partial charge < -0.3 is 14.6 Å². The van der Waals surface area contributed by atoms with Crippen LogP contribution in [0, 0.1) is 0 Å². The van der Waals surface area contributed by atoms with Crippen molar-refractivity contribution in [1.29, 1.82) is 0 Å². The number of aromatic nitrogens is 2. The molecule has 6 nitrogen and oxygen atoms in total. The van der Waals surface area contributed by atoms with E-state index in [4.69, 9.17) is 4.74 Å². The average molecular weight is 320 g/mol. The number of nitrogens with one attached hydrogen (secondary N) is 1. The fourth-order valence-electron chi connectivity index (χ4n) is 3.59. The zero-order valence-corrected chi connectivity index (χ0v) is 14.2. The van der Waals surface area contributed by atoms with Gasteiger partial charge in [-0.1, -0.05) is 12.8 Å². The van der Waals surface area contributed by atoms with Gasteiger partial charge in [0.05, 0.1) is 12.1 Å². The van der Waals surface area contributed by atoms with Gasteiger partial charge in [0.25, 0.3) is 0 Å². The van der Waals surface area contributed by atoms with Crippen LogP contribution in [0.2, 0.25) is 0 Å². The molecule has 6 heteroatoms. The number of carbonyl (C=O) groups excluding carboxylic acids is 1. The molecule has 2 aliphatic heterocycles. The smallest absolute Gasteiger partial charge is 0.237 e. The maximum Gasteiger partial charge on any atom is 0.237 e. The highest BCUT2D eigenvalue weighted by Crippen LogP contribution is 2.28. The summed E-state index contributed by atoms with van der Waals surface area (Å²) in [5.41, 5.74) is 0. The molecule has 2 aliphatic rings. The Balaban J connectivity index is 1.61. The first-order valence-corrected chi connectivity index (χ1v) is 8.80. The first kappa shape index (κ1) is 16.5. The van der Waals surface area contributed by atoms with Gasteiger partial charge >= 0.3 is 0 Å². The quantitative estimate of drug-likeness (QED) is 0.916. The highest BCUT2D eigenvalue weighted by molar-refractivity contribution is 5.81. The third kappa shape index (κ3) is 3.75. The normalized spacial score (nSPS) is 27.6. The summed E-state index contributed by atoms with van der Waals surface area (Å²) < 4.78 is 7.79. The summed E-state index contributed by atoms with van der Waals surface area (Å²) in [5, 5.41) is 3.20. The van der Waals surface area contributed by atoms with Crippen molar-refractivity contribution >= 4 is 5.91 Å². The van der Waals surface area contributed by atoms with Gasteiger partial charge in [0.2, 0.25) is 5.91 Å². The molecule has 1 aromatic rings. The number of amides is 1. The lowest BCUT2D eigenvalue weighted by Gasteiger charge is -2.28. The lowest BCUT2D eigenvalue weighted by Crippen LogP contribution is -2.49. The Morgan fingerprint density at radius 2 is 2.09 bits per heavy atom. The van der Waals surface area contributed by atoms with Crippen molar-refractivity contribution in [3.05, 3.63) is 18.2 Å². The van der Waals surface area contributed by atoms with Crippen molar-refractivity contribution in [1.82, 2.24) is 19.8 Å². The van der Waals surface area contributed by atoms with E-state index in [1.54, 1.807) is 6.20 Å². The minimum atomic E-state index is -0.143. The van der Waals surface area contributed by atoms with Crippen LogP contribution >= 0.6 is 0 Å². The Morgan fingerprint density at radius 3 is 2.74 bits per heavy atom. The summed E-state index contributed by atoms with van der Waals surface area (Å²) in [7, 11) is 1.96. The second-order valence-corrected chi connectivity index (χ2v) is 6.72. The summed E-state index contributed by atoms with van der Waals surface area (Å²) >= 11 is 0. The molecule has 0 unspecified atom stereocenters. The van der Waals surface area contributed by atoms with Gasteiger partial charge in [0.1, 0.15) is 11.9 Å². The Bertz CT molecular complexity index is 522. The predicted molar refractivity (Wildman–Crippen MR) is 88.0 cm³/mol. The number of rotatable bonds is 4. The molecule has 1 aromatic heterocycles. The number of aryl methyl sites for hydroxylation is 1. The number of nitrogens with zero attached hydrogens (tertiary/aromatic N) is 3. The van der Waals surface area contributed by atoms with Crippen LogP contribution in [0.15, 0.2) is 12.4 Å². The van der Waals surface area contributed by atoms with Crippen LogP contribution in [0.4, 0.5) is 0 Å². The molecule has 3 heterocycles. The van der Waals surface area contributed by atoms with Crippen LogP contribution in [0.3, 0.4) is 0 Å². The monoisotopic (exact) mass is 320 g/mol. The summed E-state index contributed by atoms with van der Waals surface area (Å²) in [6.07, 6.45) is 9.34. The molecule has 1 amide bonds. The van der Waals surface area contributed by atoms with E-state index in [0.717, 1.165) is 25.3 Å². The molecule has 0 aliphatic carbocycles. The molecule has 2 saturated heterocycles. The Kier molecular flexibility index (Phi) is 5.33. The molecule has 0 radical (unpaired) electrons. The third-order valence-electron chi connectivity index (χ3n) is 5.10. The molecule has 0 spiro atoms. The van der Waals surface area contributed by atoms with Crippen molar-refractivity contribution in [3.63, 3.8) is 0 Å². The van der Waals surface area contributed by atoms with Crippen molar-refractivity contribution < 1.29 is 9.53 Å². The number of hydrogen-bond acceptors (Lipinski definition) is 4. The van der Waals surface area contributed by atoms with E-state index in [1.165, 1.54) is 25.7 Å². The van der Waals surface area contributed by atoms with Crippen molar-refractivity contribution in [2.24, 2.45) is 7.05 Å². The molecule has 0 saturated carbocycles. The van der Waals surface area contributed by atoms with Crippen LogP contribution in [0.5, 0.6) is 0 Å². The highest BCUT2D eigenvalue weighted by Gasteiger charge is 2.35. The summed E-state index contributed by atoms with van der Waals surface area (Å²) in [6, 6.07) is -0.0613. The number of ether oxygens (including phenoxy) is 1. The van der Waals surface area contributed by atoms with Crippen molar-refractivity contribution in [3.8, 4) is 0 Å². The lowest BCUT2D eigenvalue weighted by atomic mass is 10.1. The van der Waals surface area contributed by atoms with E-state index < -0.39 is 0 Å². The lowest BCUT2D eigenvalue weighted by molar-refractivity contribution is -0.127. The van der Waals surface area contributed by atoms with E-state index in [2.05, 4.69) is 15.2 Å². The minimum absolute atomic E-state index is 0.0121. The molecular formula is C17H28N4O2. The molecular weight excluding hydrogens is 292 g/mol. The van der Waals surface area contributed by atoms with Gasteiger partial charge in [0, 0.05) is 26.0 Å². The summed E-state index contributed by atoms with van der Waals surface area (Å²) in [6.45, 7) is 4.74. The Labute approximate surface area is 138 Å². The maximum atomic E-state index is 12.7. The molecule has 3 atom stereocenters. The molecule has 1 N–H and O–H groups in total. The first-order chi connectivity index (χ1) is 11.2. The number of likely N-dealkylation sites (tertiary alicyclic amines) is 1. The van der Waals surface area contributed by atoms with Gasteiger partial charge in [-0.3, -0.25) is 9.69 Å². The number of imidazole rings is 1. The summed E-state index contributed by atoms with van der Waals surface area (Å²) in [4.78, 5) is 19.4. The largest absolute Gasteiger partial charge is 0.368 e. The Hall–Kier alpha value is -1.40. The van der Waals surface area contributed by atoms with Gasteiger partial charge in [0.15, 0.2) is 0 Å². The van der Waals surface area contributed by atoms with Crippen molar-refractivity contribution in [2.45, 2.75) is 57.2 Å². The molecule has 0 aromatic carbocycles. The Morgan fingerprint density at radius 1 is 1.35 bits per heavy atom. The number of carbonyl (C=O) groups is 1. The first-order valence-electron chi connectivity index (χ1n) is 8.80. The molecule has 23 heavy (non-hydrogen) atoms. The summed E-state index contributed by atoms with van der Waals surface area (Å²) in [5.74, 6) is 0.997. The van der Waals surface area contributed by atoms with Gasteiger partial charge in [-0.2, -0.15) is 0 Å². The van der Waals surface area contributed by atoms with Crippen LogP contribution in [-0.2, 0) is 16.6 Å².